The summed E-state index contributed by atoms with van der Waals surface area (Å²) in [5.74, 6) is -1.78. The molecule has 2 rings (SSSR count). The fourth-order valence-corrected chi connectivity index (χ4v) is 3.54. The highest BCUT2D eigenvalue weighted by atomic mass is 32.1. The Balaban J connectivity index is 2.29. The van der Waals surface area contributed by atoms with Gasteiger partial charge in [-0.3, -0.25) is 9.59 Å². The van der Waals surface area contributed by atoms with E-state index >= 15 is 0 Å². The van der Waals surface area contributed by atoms with Crippen LogP contribution in [0.1, 0.15) is 45.1 Å². The zero-order chi connectivity index (χ0) is 20.3. The second-order valence-corrected chi connectivity index (χ2v) is 6.66. The first kappa shape index (κ1) is 20.2. The van der Waals surface area contributed by atoms with E-state index in [1.807, 2.05) is 0 Å². The molecule has 0 aromatic carbocycles. The lowest BCUT2D eigenvalue weighted by atomic mass is 10.1. The third-order valence-electron chi connectivity index (χ3n) is 3.65. The van der Waals surface area contributed by atoms with E-state index in [4.69, 9.17) is 4.74 Å². The summed E-state index contributed by atoms with van der Waals surface area (Å²) in [7, 11) is 0. The quantitative estimate of drug-likeness (QED) is 0.330. The largest absolute Gasteiger partial charge is 0.462 e. The number of hydrogen-bond acceptors (Lipinski definition) is 8. The number of rotatable bonds is 7. The highest BCUT2D eigenvalue weighted by molar-refractivity contribution is 7.18. The topological polar surface area (TPSA) is 133 Å². The SMILES string of the molecule is CCOC(=O)c1c(NC(=O)Cn2nc([N+](=O)[O-])cc2C)sc(C(C)=O)c1C. The number of carbonyl (C=O) groups is 3. The van der Waals surface area contributed by atoms with Crippen LogP contribution in [0.2, 0.25) is 0 Å². The molecule has 1 amide bonds. The lowest BCUT2D eigenvalue weighted by Gasteiger charge is -2.07. The Morgan fingerprint density at radius 3 is 2.56 bits per heavy atom. The maximum absolute atomic E-state index is 12.4. The van der Waals surface area contributed by atoms with Crippen molar-refractivity contribution in [2.75, 3.05) is 11.9 Å². The molecule has 0 fully saturated rings. The molecule has 0 aliphatic heterocycles. The molecule has 0 aliphatic rings. The summed E-state index contributed by atoms with van der Waals surface area (Å²) >= 11 is 0.981. The van der Waals surface area contributed by atoms with Gasteiger partial charge in [0.15, 0.2) is 5.78 Å². The van der Waals surface area contributed by atoms with Gasteiger partial charge in [-0.1, -0.05) is 0 Å². The summed E-state index contributed by atoms with van der Waals surface area (Å²) in [5.41, 5.74) is 1.00. The number of ether oxygens (including phenoxy) is 1. The molecule has 0 bridgehead atoms. The van der Waals surface area contributed by atoms with Crippen LogP contribution in [-0.2, 0) is 16.1 Å². The Morgan fingerprint density at radius 1 is 1.37 bits per heavy atom. The van der Waals surface area contributed by atoms with E-state index in [0.717, 1.165) is 11.3 Å². The first-order chi connectivity index (χ1) is 12.6. The maximum atomic E-state index is 12.4. The zero-order valence-electron chi connectivity index (χ0n) is 15.2. The predicted molar refractivity (Wildman–Crippen MR) is 97.3 cm³/mol. The number of Topliss-reactive ketones (excluding diaryl/α,β-unsaturated/α-hetero) is 1. The number of aryl methyl sites for hydroxylation is 1. The molecule has 0 radical (unpaired) electrons. The Hall–Kier alpha value is -3.08. The molecule has 27 heavy (non-hydrogen) atoms. The number of anilines is 1. The lowest BCUT2D eigenvalue weighted by Crippen LogP contribution is -2.21. The van der Waals surface area contributed by atoms with Crippen LogP contribution >= 0.6 is 11.3 Å². The van der Waals surface area contributed by atoms with Gasteiger partial charge in [-0.05, 0) is 38.2 Å². The van der Waals surface area contributed by atoms with E-state index < -0.39 is 16.8 Å². The number of ketones is 1. The van der Waals surface area contributed by atoms with Gasteiger partial charge in [-0.2, -0.15) is 4.68 Å². The van der Waals surface area contributed by atoms with E-state index in [9.17, 15) is 24.5 Å². The first-order valence-corrected chi connectivity index (χ1v) is 8.77. The van der Waals surface area contributed by atoms with E-state index in [1.165, 1.54) is 17.7 Å². The van der Waals surface area contributed by atoms with Gasteiger partial charge in [-0.25, -0.2) is 4.79 Å². The van der Waals surface area contributed by atoms with Crippen molar-refractivity contribution >= 4 is 39.8 Å². The number of thiophene rings is 1. The number of aromatic nitrogens is 2. The molecule has 0 unspecified atom stereocenters. The number of nitrogens with one attached hydrogen (secondary N) is 1. The van der Waals surface area contributed by atoms with Crippen molar-refractivity contribution in [1.82, 2.24) is 9.78 Å². The summed E-state index contributed by atoms with van der Waals surface area (Å²) in [6.07, 6.45) is 0. The molecule has 0 aliphatic carbocycles. The number of hydrogen-bond donors (Lipinski definition) is 1. The maximum Gasteiger partial charge on any atom is 0.390 e. The average Bonchev–Trinajstić information content (AvgIpc) is 3.08. The summed E-state index contributed by atoms with van der Waals surface area (Å²) in [5, 5.41) is 17.3. The molecule has 2 aromatic heterocycles. The molecule has 144 valence electrons. The van der Waals surface area contributed by atoms with Crippen LogP contribution in [0.3, 0.4) is 0 Å². The highest BCUT2D eigenvalue weighted by Crippen LogP contribution is 2.34. The zero-order valence-corrected chi connectivity index (χ0v) is 16.0. The Kier molecular flexibility index (Phi) is 6.05. The fourth-order valence-electron chi connectivity index (χ4n) is 2.43. The van der Waals surface area contributed by atoms with Crippen molar-refractivity contribution in [2.45, 2.75) is 34.2 Å². The molecule has 2 aromatic rings. The molecular formula is C16H18N4O6S. The number of esters is 1. The van der Waals surface area contributed by atoms with Gasteiger partial charge in [0, 0.05) is 0 Å². The Labute approximate surface area is 158 Å². The van der Waals surface area contributed by atoms with Gasteiger partial charge in [-0.15, -0.1) is 11.3 Å². The average molecular weight is 394 g/mol. The van der Waals surface area contributed by atoms with Crippen molar-refractivity contribution in [3.8, 4) is 0 Å². The van der Waals surface area contributed by atoms with Gasteiger partial charge in [0.25, 0.3) is 0 Å². The van der Waals surface area contributed by atoms with E-state index in [1.54, 1.807) is 20.8 Å². The Morgan fingerprint density at radius 2 is 2.04 bits per heavy atom. The molecule has 10 nitrogen and oxygen atoms in total. The molecular weight excluding hydrogens is 376 g/mol. The second kappa shape index (κ2) is 8.08. The minimum atomic E-state index is -0.651. The summed E-state index contributed by atoms with van der Waals surface area (Å²) in [6, 6.07) is 1.25. The van der Waals surface area contributed by atoms with Gasteiger partial charge in [0.05, 0.1) is 33.9 Å². The molecule has 2 heterocycles. The predicted octanol–water partition coefficient (Wildman–Crippen LogP) is 2.49. The monoisotopic (exact) mass is 394 g/mol. The third kappa shape index (κ3) is 4.37. The number of amides is 1. The third-order valence-corrected chi connectivity index (χ3v) is 4.96. The minimum Gasteiger partial charge on any atom is -0.462 e. The van der Waals surface area contributed by atoms with E-state index in [2.05, 4.69) is 10.4 Å². The summed E-state index contributed by atoms with van der Waals surface area (Å²) < 4.78 is 6.19. The van der Waals surface area contributed by atoms with Crippen LogP contribution in [0.4, 0.5) is 10.8 Å². The van der Waals surface area contributed by atoms with Gasteiger partial charge >= 0.3 is 11.8 Å². The highest BCUT2D eigenvalue weighted by Gasteiger charge is 2.26. The standard InChI is InChI=1S/C16H18N4O6S/c1-5-26-16(23)13-9(3)14(10(4)21)27-15(13)17-12(22)7-19-8(2)6-11(18-19)20(24)25/h6H,5,7H2,1-4H3,(H,17,22). The molecule has 11 heteroatoms. The smallest absolute Gasteiger partial charge is 0.390 e. The van der Waals surface area contributed by atoms with Crippen molar-refractivity contribution in [3.63, 3.8) is 0 Å². The summed E-state index contributed by atoms with van der Waals surface area (Å²) in [4.78, 5) is 46.8. The van der Waals surface area contributed by atoms with Crippen molar-refractivity contribution in [3.05, 3.63) is 37.9 Å². The summed E-state index contributed by atoms with van der Waals surface area (Å²) in [6.45, 7) is 6.07. The second-order valence-electron chi connectivity index (χ2n) is 5.64. The Bertz CT molecular complexity index is 930. The first-order valence-electron chi connectivity index (χ1n) is 7.95. The van der Waals surface area contributed by atoms with Crippen LogP contribution in [0.25, 0.3) is 0 Å². The molecule has 0 saturated heterocycles. The van der Waals surface area contributed by atoms with E-state index in [-0.39, 0.29) is 35.3 Å². The van der Waals surface area contributed by atoms with E-state index in [0.29, 0.717) is 16.1 Å². The lowest BCUT2D eigenvalue weighted by molar-refractivity contribution is -0.389. The van der Waals surface area contributed by atoms with Gasteiger partial charge in [0.2, 0.25) is 5.91 Å². The number of carbonyl (C=O) groups excluding carboxylic acids is 3. The minimum absolute atomic E-state index is 0.128. The number of nitro groups is 1. The molecule has 0 saturated carbocycles. The van der Waals surface area contributed by atoms with Crippen LogP contribution < -0.4 is 5.32 Å². The van der Waals surface area contributed by atoms with Crippen LogP contribution in [0.15, 0.2) is 6.07 Å². The van der Waals surface area contributed by atoms with Gasteiger partial charge < -0.3 is 20.2 Å². The normalized spacial score (nSPS) is 10.5. The van der Waals surface area contributed by atoms with Crippen LogP contribution in [-0.4, -0.2) is 39.0 Å². The molecule has 1 N–H and O–H groups in total. The van der Waals surface area contributed by atoms with Crippen LogP contribution in [0.5, 0.6) is 0 Å². The molecule has 0 atom stereocenters. The molecule has 0 spiro atoms. The van der Waals surface area contributed by atoms with Crippen molar-refractivity contribution < 1.29 is 24.0 Å². The van der Waals surface area contributed by atoms with Crippen molar-refractivity contribution in [2.24, 2.45) is 0 Å². The van der Waals surface area contributed by atoms with Crippen LogP contribution in [0, 0.1) is 24.0 Å². The fraction of sp³-hybridized carbons (Fsp3) is 0.375. The van der Waals surface area contributed by atoms with Crippen molar-refractivity contribution in [1.29, 1.82) is 0 Å². The van der Waals surface area contributed by atoms with Gasteiger partial charge in [0.1, 0.15) is 11.5 Å². The number of nitrogens with zero attached hydrogens (tertiary/aromatic N) is 3.